The van der Waals surface area contributed by atoms with E-state index in [-0.39, 0.29) is 6.42 Å². The SMILES string of the molecule is CS(=O)(=O)NC(CCCCN)C(=O)O. The smallest absolute Gasteiger partial charge is 0.321 e. The van der Waals surface area contributed by atoms with Crippen LogP contribution in [0.15, 0.2) is 0 Å². The molecule has 0 radical (unpaired) electrons. The molecule has 6 nitrogen and oxygen atoms in total. The lowest BCUT2D eigenvalue weighted by Crippen LogP contribution is -2.40. The average molecular weight is 224 g/mol. The highest BCUT2D eigenvalue weighted by Gasteiger charge is 2.20. The first kappa shape index (κ1) is 13.3. The lowest BCUT2D eigenvalue weighted by molar-refractivity contribution is -0.139. The second kappa shape index (κ2) is 5.94. The van der Waals surface area contributed by atoms with Crippen molar-refractivity contribution < 1.29 is 18.3 Å². The Morgan fingerprint density at radius 1 is 1.50 bits per heavy atom. The van der Waals surface area contributed by atoms with Gasteiger partial charge in [0, 0.05) is 0 Å². The number of rotatable bonds is 7. The van der Waals surface area contributed by atoms with E-state index >= 15 is 0 Å². The summed E-state index contributed by atoms with van der Waals surface area (Å²) < 4.78 is 23.6. The van der Waals surface area contributed by atoms with Gasteiger partial charge in [0.15, 0.2) is 0 Å². The summed E-state index contributed by atoms with van der Waals surface area (Å²) in [5, 5.41) is 8.68. The summed E-state index contributed by atoms with van der Waals surface area (Å²) in [6.45, 7) is 0.477. The lowest BCUT2D eigenvalue weighted by Gasteiger charge is -2.11. The fraction of sp³-hybridized carbons (Fsp3) is 0.857. The molecule has 1 unspecified atom stereocenters. The van der Waals surface area contributed by atoms with E-state index in [4.69, 9.17) is 10.8 Å². The molecule has 0 bridgehead atoms. The summed E-state index contributed by atoms with van der Waals surface area (Å²) in [4.78, 5) is 10.6. The zero-order chi connectivity index (χ0) is 11.2. The molecule has 0 aliphatic rings. The number of carboxylic acids is 1. The summed E-state index contributed by atoms with van der Waals surface area (Å²) in [5.41, 5.74) is 5.23. The van der Waals surface area contributed by atoms with Crippen molar-refractivity contribution in [3.05, 3.63) is 0 Å². The summed E-state index contributed by atoms with van der Waals surface area (Å²) in [7, 11) is -3.47. The van der Waals surface area contributed by atoms with Crippen LogP contribution in [0.3, 0.4) is 0 Å². The van der Waals surface area contributed by atoms with Crippen LogP contribution in [-0.4, -0.2) is 38.3 Å². The Labute approximate surface area is 83.5 Å². The van der Waals surface area contributed by atoms with Gasteiger partial charge in [-0.25, -0.2) is 13.1 Å². The molecule has 0 saturated heterocycles. The van der Waals surface area contributed by atoms with Crippen molar-refractivity contribution >= 4 is 16.0 Å². The number of nitrogens with two attached hydrogens (primary N) is 1. The van der Waals surface area contributed by atoms with Crippen LogP contribution in [0.25, 0.3) is 0 Å². The van der Waals surface area contributed by atoms with Gasteiger partial charge in [-0.3, -0.25) is 4.79 Å². The van der Waals surface area contributed by atoms with Crippen molar-refractivity contribution in [2.75, 3.05) is 12.8 Å². The summed E-state index contributed by atoms with van der Waals surface area (Å²) in [5.74, 6) is -1.16. The predicted molar refractivity (Wildman–Crippen MR) is 52.3 cm³/mol. The molecule has 0 spiro atoms. The van der Waals surface area contributed by atoms with Gasteiger partial charge in [0.25, 0.3) is 0 Å². The Kier molecular flexibility index (Phi) is 5.66. The van der Waals surface area contributed by atoms with Crippen molar-refractivity contribution in [1.29, 1.82) is 0 Å². The molecule has 0 rings (SSSR count). The highest BCUT2D eigenvalue weighted by molar-refractivity contribution is 7.88. The number of hydrogen-bond acceptors (Lipinski definition) is 4. The van der Waals surface area contributed by atoms with Crippen molar-refractivity contribution in [3.8, 4) is 0 Å². The summed E-state index contributed by atoms with van der Waals surface area (Å²) in [6.07, 6.45) is 2.48. The molecule has 0 aliphatic heterocycles. The zero-order valence-corrected chi connectivity index (χ0v) is 8.88. The number of sulfonamides is 1. The number of carboxylic acid groups (broad SMARTS) is 1. The topological polar surface area (TPSA) is 109 Å². The van der Waals surface area contributed by atoms with E-state index in [1.54, 1.807) is 0 Å². The highest BCUT2D eigenvalue weighted by Crippen LogP contribution is 2.01. The minimum absolute atomic E-state index is 0.263. The van der Waals surface area contributed by atoms with E-state index in [9.17, 15) is 13.2 Å². The van der Waals surface area contributed by atoms with Crippen molar-refractivity contribution in [2.45, 2.75) is 25.3 Å². The zero-order valence-electron chi connectivity index (χ0n) is 8.06. The maximum absolute atomic E-state index is 10.8. The van der Waals surface area contributed by atoms with Gasteiger partial charge in [0.2, 0.25) is 10.0 Å². The van der Waals surface area contributed by atoms with Crippen molar-refractivity contribution in [2.24, 2.45) is 5.73 Å². The normalized spacial score (nSPS) is 13.9. The Morgan fingerprint density at radius 2 is 2.07 bits per heavy atom. The molecular weight excluding hydrogens is 208 g/mol. The summed E-state index contributed by atoms with van der Waals surface area (Å²) >= 11 is 0. The third-order valence-corrected chi connectivity index (χ3v) is 2.31. The first-order chi connectivity index (χ1) is 6.37. The molecule has 1 atom stereocenters. The van der Waals surface area contributed by atoms with Crippen LogP contribution >= 0.6 is 0 Å². The average Bonchev–Trinajstić information content (AvgIpc) is 2.00. The van der Waals surface area contributed by atoms with Gasteiger partial charge in [0.05, 0.1) is 6.26 Å². The second-order valence-corrected chi connectivity index (χ2v) is 4.85. The third-order valence-electron chi connectivity index (χ3n) is 1.60. The van der Waals surface area contributed by atoms with E-state index < -0.39 is 22.0 Å². The largest absolute Gasteiger partial charge is 0.480 e. The fourth-order valence-corrected chi connectivity index (χ4v) is 1.72. The van der Waals surface area contributed by atoms with Crippen LogP contribution in [0.5, 0.6) is 0 Å². The quantitative estimate of drug-likeness (QED) is 0.486. The van der Waals surface area contributed by atoms with Crippen LogP contribution in [0, 0.1) is 0 Å². The molecule has 14 heavy (non-hydrogen) atoms. The molecule has 0 aromatic carbocycles. The van der Waals surface area contributed by atoms with Crippen LogP contribution in [-0.2, 0) is 14.8 Å². The van der Waals surface area contributed by atoms with Gasteiger partial charge in [-0.15, -0.1) is 0 Å². The standard InChI is InChI=1S/C7H16N2O4S/c1-14(12,13)9-6(7(10)11)4-2-3-5-8/h6,9H,2-5,8H2,1H3,(H,10,11). The van der Waals surface area contributed by atoms with Crippen molar-refractivity contribution in [3.63, 3.8) is 0 Å². The third kappa shape index (κ3) is 6.81. The Bertz CT molecular complexity index is 275. The van der Waals surface area contributed by atoms with Crippen LogP contribution in [0.1, 0.15) is 19.3 Å². The van der Waals surface area contributed by atoms with Gasteiger partial charge in [-0.1, -0.05) is 6.42 Å². The van der Waals surface area contributed by atoms with Gasteiger partial charge in [-0.05, 0) is 19.4 Å². The molecule has 0 aromatic rings. The number of nitrogens with one attached hydrogen (secondary N) is 1. The predicted octanol–water partition coefficient (Wildman–Crippen LogP) is -0.882. The highest BCUT2D eigenvalue weighted by atomic mass is 32.2. The Morgan fingerprint density at radius 3 is 2.43 bits per heavy atom. The molecule has 4 N–H and O–H groups in total. The minimum atomic E-state index is -3.47. The molecule has 84 valence electrons. The molecule has 0 saturated carbocycles. The first-order valence-corrected chi connectivity index (χ1v) is 6.16. The van der Waals surface area contributed by atoms with E-state index in [1.165, 1.54) is 0 Å². The maximum Gasteiger partial charge on any atom is 0.321 e. The minimum Gasteiger partial charge on any atom is -0.480 e. The van der Waals surface area contributed by atoms with E-state index in [2.05, 4.69) is 0 Å². The molecule has 0 aliphatic carbocycles. The number of aliphatic carboxylic acids is 1. The van der Waals surface area contributed by atoms with Crippen LogP contribution in [0.4, 0.5) is 0 Å². The van der Waals surface area contributed by atoms with Gasteiger partial charge < -0.3 is 10.8 Å². The second-order valence-electron chi connectivity index (χ2n) is 3.07. The Hall–Kier alpha value is -0.660. The monoisotopic (exact) mass is 224 g/mol. The van der Waals surface area contributed by atoms with Gasteiger partial charge in [0.1, 0.15) is 6.04 Å². The number of unbranched alkanes of at least 4 members (excludes halogenated alkanes) is 1. The van der Waals surface area contributed by atoms with E-state index in [0.29, 0.717) is 19.4 Å². The molecule has 0 heterocycles. The molecule has 0 amide bonds. The molecule has 0 aromatic heterocycles. The molecule has 0 fully saturated rings. The summed E-state index contributed by atoms with van der Waals surface area (Å²) in [6, 6.07) is -1.04. The number of hydrogen-bond donors (Lipinski definition) is 3. The molecule has 7 heteroatoms. The van der Waals surface area contributed by atoms with Crippen molar-refractivity contribution in [1.82, 2.24) is 4.72 Å². The van der Waals surface area contributed by atoms with Crippen LogP contribution in [0.2, 0.25) is 0 Å². The van der Waals surface area contributed by atoms with E-state index in [1.807, 2.05) is 4.72 Å². The lowest BCUT2D eigenvalue weighted by atomic mass is 10.1. The van der Waals surface area contributed by atoms with Crippen LogP contribution < -0.4 is 10.5 Å². The maximum atomic E-state index is 10.8. The fourth-order valence-electron chi connectivity index (χ4n) is 0.984. The number of carbonyl (C=O) groups is 1. The Balaban J connectivity index is 4.11. The van der Waals surface area contributed by atoms with Gasteiger partial charge >= 0.3 is 5.97 Å². The van der Waals surface area contributed by atoms with E-state index in [0.717, 1.165) is 6.26 Å². The molecular formula is C7H16N2O4S. The van der Waals surface area contributed by atoms with Gasteiger partial charge in [-0.2, -0.15) is 0 Å². The first-order valence-electron chi connectivity index (χ1n) is 4.27.